The lowest BCUT2D eigenvalue weighted by molar-refractivity contribution is -0.134. The Balaban J connectivity index is 1.23. The van der Waals surface area contributed by atoms with E-state index in [4.69, 9.17) is 0 Å². The summed E-state index contributed by atoms with van der Waals surface area (Å²) in [5.74, 6) is 1.13. The molecule has 1 aliphatic carbocycles. The van der Waals surface area contributed by atoms with Crippen LogP contribution in [0.1, 0.15) is 41.6 Å². The second-order valence-electron chi connectivity index (χ2n) is 9.70. The molecule has 3 N–H and O–H groups in total. The topological polar surface area (TPSA) is 93.8 Å². The molecule has 8 nitrogen and oxygen atoms in total. The van der Waals surface area contributed by atoms with E-state index in [1.54, 1.807) is 33.7 Å². The predicted molar refractivity (Wildman–Crippen MR) is 127 cm³/mol. The number of carbonyl (C=O) groups is 3. The average Bonchev–Trinajstić information content (AvgIpc) is 3.41. The van der Waals surface area contributed by atoms with Gasteiger partial charge in [0.2, 0.25) is 11.8 Å². The van der Waals surface area contributed by atoms with Gasteiger partial charge in [-0.25, -0.2) is 9.82 Å². The van der Waals surface area contributed by atoms with Crippen LogP contribution in [-0.2, 0) is 16.0 Å². The molecule has 3 amide bonds. The number of carbonyl (C=O) groups excluding carboxylic acids is 3. The Morgan fingerprint density at radius 2 is 1.85 bits per heavy atom. The van der Waals surface area contributed by atoms with E-state index in [2.05, 4.69) is 16.2 Å². The minimum atomic E-state index is -0.528. The minimum absolute atomic E-state index is 0.0265. The fourth-order valence-electron chi connectivity index (χ4n) is 5.72. The molecule has 1 aromatic carbocycles. The first-order valence-corrected chi connectivity index (χ1v) is 13.4. The van der Waals surface area contributed by atoms with Gasteiger partial charge in [-0.05, 0) is 42.9 Å². The zero-order valence-corrected chi connectivity index (χ0v) is 20.0. The number of halogens is 1. The van der Waals surface area contributed by atoms with Gasteiger partial charge in [0.1, 0.15) is 5.82 Å². The zero-order chi connectivity index (χ0) is 23.7. The molecular formula is C24H32FN5O3S. The number of thioether (sulfide) groups is 1. The van der Waals surface area contributed by atoms with Crippen LogP contribution in [0.25, 0.3) is 0 Å². The largest absolute Gasteiger partial charge is 0.338 e. The van der Waals surface area contributed by atoms with Crippen LogP contribution in [0.5, 0.6) is 0 Å². The maximum absolute atomic E-state index is 14.7. The Morgan fingerprint density at radius 3 is 2.62 bits per heavy atom. The SMILES string of the molecule is O=C1NNC(Cc2ccc(F)c(C(=O)N3CCN(C(=O)[C@@H]4CSCN4)CC3)c2)C2CCCCC12. The van der Waals surface area contributed by atoms with E-state index >= 15 is 0 Å². The van der Waals surface area contributed by atoms with Gasteiger partial charge < -0.3 is 9.80 Å². The molecule has 5 rings (SSSR count). The normalized spacial score (nSPS) is 29.5. The van der Waals surface area contributed by atoms with E-state index in [9.17, 15) is 18.8 Å². The van der Waals surface area contributed by atoms with Crippen molar-refractivity contribution in [3.05, 3.63) is 35.1 Å². The van der Waals surface area contributed by atoms with E-state index in [1.165, 1.54) is 6.07 Å². The average molecular weight is 490 g/mol. The molecule has 4 aliphatic rings. The lowest BCUT2D eigenvalue weighted by Crippen LogP contribution is -2.60. The summed E-state index contributed by atoms with van der Waals surface area (Å²) in [5.41, 5.74) is 6.91. The molecule has 4 atom stereocenters. The standard InChI is InChI=1S/C24H32FN5O3S/c25-19-6-5-15(12-20-16-3-1-2-4-17(16)22(31)28-27-20)11-18(19)23(32)29-7-9-30(10-8-29)24(33)21-13-34-14-26-21/h5-6,11,16-17,20-21,26-27H,1-4,7-10,12-14H2,(H,28,31)/t16?,17?,20?,21-/m0/s1. The third kappa shape index (κ3) is 4.81. The first kappa shape index (κ1) is 23.6. The van der Waals surface area contributed by atoms with E-state index in [0.29, 0.717) is 32.6 Å². The lowest BCUT2D eigenvalue weighted by atomic mass is 9.72. The van der Waals surface area contributed by atoms with Gasteiger partial charge in [0.15, 0.2) is 0 Å². The summed E-state index contributed by atoms with van der Waals surface area (Å²) in [6, 6.07) is 4.67. The summed E-state index contributed by atoms with van der Waals surface area (Å²) in [4.78, 5) is 41.4. The molecule has 34 heavy (non-hydrogen) atoms. The molecule has 0 radical (unpaired) electrons. The Morgan fingerprint density at radius 1 is 1.09 bits per heavy atom. The quantitative estimate of drug-likeness (QED) is 0.587. The molecule has 4 fully saturated rings. The number of nitrogens with zero attached hydrogens (tertiary/aromatic N) is 2. The third-order valence-corrected chi connectivity index (χ3v) is 8.60. The number of benzene rings is 1. The maximum atomic E-state index is 14.7. The highest BCUT2D eigenvalue weighted by atomic mass is 32.2. The highest BCUT2D eigenvalue weighted by Gasteiger charge is 2.40. The summed E-state index contributed by atoms with van der Waals surface area (Å²) < 4.78 is 14.7. The van der Waals surface area contributed by atoms with Gasteiger partial charge in [-0.15, -0.1) is 11.8 Å². The van der Waals surface area contributed by atoms with Crippen LogP contribution in [0.3, 0.4) is 0 Å². The van der Waals surface area contributed by atoms with Crippen molar-refractivity contribution in [3.63, 3.8) is 0 Å². The van der Waals surface area contributed by atoms with E-state index in [1.807, 2.05) is 0 Å². The Hall–Kier alpha value is -2.17. The third-order valence-electron chi connectivity index (χ3n) is 7.66. The van der Waals surface area contributed by atoms with Gasteiger partial charge in [0.05, 0.1) is 11.6 Å². The van der Waals surface area contributed by atoms with Crippen LogP contribution in [0, 0.1) is 17.7 Å². The molecule has 0 bridgehead atoms. The maximum Gasteiger partial charge on any atom is 0.256 e. The highest BCUT2D eigenvalue weighted by molar-refractivity contribution is 7.99. The fourth-order valence-corrected chi connectivity index (χ4v) is 6.66. The molecule has 3 heterocycles. The Bertz CT molecular complexity index is 949. The molecule has 10 heteroatoms. The van der Waals surface area contributed by atoms with Crippen molar-refractivity contribution in [3.8, 4) is 0 Å². The molecule has 0 spiro atoms. The van der Waals surface area contributed by atoms with Crippen LogP contribution >= 0.6 is 11.8 Å². The predicted octanol–water partition coefficient (Wildman–Crippen LogP) is 1.12. The summed E-state index contributed by atoms with van der Waals surface area (Å²) >= 11 is 1.71. The number of hydrogen-bond donors (Lipinski definition) is 3. The number of hydrazine groups is 1. The highest BCUT2D eigenvalue weighted by Crippen LogP contribution is 2.35. The van der Waals surface area contributed by atoms with Crippen LogP contribution < -0.4 is 16.2 Å². The molecule has 3 saturated heterocycles. The van der Waals surface area contributed by atoms with E-state index in [-0.39, 0.29) is 47.2 Å². The summed E-state index contributed by atoms with van der Waals surface area (Å²) in [5, 5.41) is 3.19. The Labute approximate surface area is 203 Å². The van der Waals surface area contributed by atoms with Gasteiger partial charge in [-0.1, -0.05) is 18.9 Å². The first-order chi connectivity index (χ1) is 16.5. The summed E-state index contributed by atoms with van der Waals surface area (Å²) in [6.45, 7) is 1.72. The number of hydrogen-bond acceptors (Lipinski definition) is 6. The minimum Gasteiger partial charge on any atom is -0.338 e. The van der Waals surface area contributed by atoms with Crippen molar-refractivity contribution in [1.29, 1.82) is 0 Å². The number of nitrogens with one attached hydrogen (secondary N) is 3. The number of piperazine rings is 1. The molecule has 3 aliphatic heterocycles. The van der Waals surface area contributed by atoms with Gasteiger partial charge in [0, 0.05) is 49.8 Å². The van der Waals surface area contributed by atoms with Crippen LogP contribution in [-0.4, -0.2) is 77.4 Å². The van der Waals surface area contributed by atoms with Crippen molar-refractivity contribution in [2.24, 2.45) is 11.8 Å². The van der Waals surface area contributed by atoms with E-state index < -0.39 is 5.82 Å². The summed E-state index contributed by atoms with van der Waals surface area (Å²) in [6.07, 6.45) is 4.72. The van der Waals surface area contributed by atoms with Gasteiger partial charge in [0.25, 0.3) is 5.91 Å². The van der Waals surface area contributed by atoms with Crippen molar-refractivity contribution in [2.45, 2.75) is 44.2 Å². The van der Waals surface area contributed by atoms with Crippen LogP contribution in [0.4, 0.5) is 4.39 Å². The fraction of sp³-hybridized carbons (Fsp3) is 0.625. The van der Waals surface area contributed by atoms with Crippen LogP contribution in [0.2, 0.25) is 0 Å². The first-order valence-electron chi connectivity index (χ1n) is 12.2. The van der Waals surface area contributed by atoms with Gasteiger partial charge in [-0.2, -0.15) is 0 Å². The number of amides is 3. The second kappa shape index (κ2) is 10.2. The zero-order valence-electron chi connectivity index (χ0n) is 19.2. The lowest BCUT2D eigenvalue weighted by Gasteiger charge is -2.41. The molecular weight excluding hydrogens is 457 g/mol. The van der Waals surface area contributed by atoms with Crippen molar-refractivity contribution < 1.29 is 18.8 Å². The number of fused-ring (bicyclic) bond motifs is 1. The molecule has 1 saturated carbocycles. The van der Waals surface area contributed by atoms with Crippen molar-refractivity contribution in [2.75, 3.05) is 37.8 Å². The van der Waals surface area contributed by atoms with Crippen molar-refractivity contribution in [1.82, 2.24) is 26.0 Å². The molecule has 3 unspecified atom stereocenters. The number of rotatable bonds is 4. The van der Waals surface area contributed by atoms with Crippen LogP contribution in [0.15, 0.2) is 18.2 Å². The smallest absolute Gasteiger partial charge is 0.256 e. The molecule has 0 aromatic heterocycles. The Kier molecular flexibility index (Phi) is 7.08. The second-order valence-corrected chi connectivity index (χ2v) is 10.7. The van der Waals surface area contributed by atoms with Gasteiger partial charge in [-0.3, -0.25) is 25.1 Å². The monoisotopic (exact) mass is 489 g/mol. The summed E-state index contributed by atoms with van der Waals surface area (Å²) in [7, 11) is 0. The van der Waals surface area contributed by atoms with Gasteiger partial charge >= 0.3 is 0 Å². The van der Waals surface area contributed by atoms with E-state index in [0.717, 1.165) is 42.9 Å². The molecule has 1 aromatic rings. The van der Waals surface area contributed by atoms with Crippen molar-refractivity contribution >= 4 is 29.5 Å². The molecule has 184 valence electrons.